The number of carbonyl (C=O) groups is 1. The highest BCUT2D eigenvalue weighted by molar-refractivity contribution is 7.15. The third-order valence-electron chi connectivity index (χ3n) is 2.24. The molecule has 0 radical (unpaired) electrons. The molecule has 0 aliphatic carbocycles. The van der Waals surface area contributed by atoms with Gasteiger partial charge < -0.3 is 0 Å². The molecule has 0 amide bonds. The summed E-state index contributed by atoms with van der Waals surface area (Å²) in [6.07, 6.45) is 4.05. The van der Waals surface area contributed by atoms with Gasteiger partial charge in [0, 0.05) is 28.4 Å². The second-order valence-corrected chi connectivity index (χ2v) is 4.44. The number of aldehydes is 1. The average Bonchev–Trinajstić information content (AvgIpc) is 2.59. The van der Waals surface area contributed by atoms with E-state index in [4.69, 9.17) is 0 Å². The summed E-state index contributed by atoms with van der Waals surface area (Å²) < 4.78 is 0. The number of rotatable bonds is 2. The van der Waals surface area contributed by atoms with Gasteiger partial charge in [-0.05, 0) is 19.9 Å². The first-order chi connectivity index (χ1) is 7.22. The molecule has 0 aliphatic heterocycles. The number of aryl methyl sites for hydroxylation is 2. The first kappa shape index (κ1) is 9.98. The summed E-state index contributed by atoms with van der Waals surface area (Å²) >= 11 is 1.60. The molecular formula is C11H10N2OS. The van der Waals surface area contributed by atoms with Crippen LogP contribution < -0.4 is 0 Å². The van der Waals surface area contributed by atoms with E-state index in [1.165, 1.54) is 4.88 Å². The summed E-state index contributed by atoms with van der Waals surface area (Å²) in [7, 11) is 0. The molecular weight excluding hydrogens is 208 g/mol. The van der Waals surface area contributed by atoms with Crippen molar-refractivity contribution in [1.82, 2.24) is 9.97 Å². The fourth-order valence-electron chi connectivity index (χ4n) is 1.28. The van der Waals surface area contributed by atoms with Gasteiger partial charge in [0.25, 0.3) is 0 Å². The number of nitrogens with zero attached hydrogens (tertiary/aromatic N) is 2. The van der Waals surface area contributed by atoms with Crippen molar-refractivity contribution in [1.29, 1.82) is 0 Å². The number of hydrogen-bond donors (Lipinski definition) is 0. The molecule has 0 saturated heterocycles. The molecule has 15 heavy (non-hydrogen) atoms. The van der Waals surface area contributed by atoms with Crippen molar-refractivity contribution < 1.29 is 4.79 Å². The standard InChI is InChI=1S/C11H10N2OS/c1-7-8(2)15-11(13-7)10-3-4-12-5-9(10)6-14/h3-6H,1-2H3. The van der Waals surface area contributed by atoms with Crippen LogP contribution in [0.3, 0.4) is 0 Å². The minimum atomic E-state index is 0.589. The molecule has 2 heterocycles. The maximum Gasteiger partial charge on any atom is 0.152 e. The zero-order valence-corrected chi connectivity index (χ0v) is 9.34. The fourth-order valence-corrected chi connectivity index (χ4v) is 2.25. The summed E-state index contributed by atoms with van der Waals surface area (Å²) in [5.41, 5.74) is 2.47. The SMILES string of the molecule is Cc1nc(-c2ccncc2C=O)sc1C. The van der Waals surface area contributed by atoms with Crippen molar-refractivity contribution in [3.8, 4) is 10.6 Å². The lowest BCUT2D eigenvalue weighted by Crippen LogP contribution is -1.88. The molecule has 2 aromatic rings. The molecule has 0 saturated carbocycles. The van der Waals surface area contributed by atoms with Crippen LogP contribution in [0, 0.1) is 13.8 Å². The highest BCUT2D eigenvalue weighted by Crippen LogP contribution is 2.28. The van der Waals surface area contributed by atoms with Gasteiger partial charge in [-0.25, -0.2) is 4.98 Å². The Morgan fingerprint density at radius 1 is 1.40 bits per heavy atom. The maximum absolute atomic E-state index is 10.8. The van der Waals surface area contributed by atoms with E-state index in [0.717, 1.165) is 22.6 Å². The first-order valence-corrected chi connectivity index (χ1v) is 5.37. The zero-order valence-electron chi connectivity index (χ0n) is 8.52. The van der Waals surface area contributed by atoms with Gasteiger partial charge in [0.15, 0.2) is 6.29 Å². The molecule has 0 aliphatic rings. The van der Waals surface area contributed by atoms with Crippen LogP contribution in [0.15, 0.2) is 18.5 Å². The summed E-state index contributed by atoms with van der Waals surface area (Å²) in [6, 6.07) is 1.82. The minimum Gasteiger partial charge on any atom is -0.298 e. The smallest absolute Gasteiger partial charge is 0.152 e. The largest absolute Gasteiger partial charge is 0.298 e. The summed E-state index contributed by atoms with van der Waals surface area (Å²) in [5.74, 6) is 0. The van der Waals surface area contributed by atoms with Gasteiger partial charge in [0.05, 0.1) is 5.69 Å². The predicted molar refractivity (Wildman–Crippen MR) is 60.2 cm³/mol. The number of hydrogen-bond acceptors (Lipinski definition) is 4. The van der Waals surface area contributed by atoms with Crippen molar-refractivity contribution >= 4 is 17.6 Å². The first-order valence-electron chi connectivity index (χ1n) is 4.56. The lowest BCUT2D eigenvalue weighted by atomic mass is 10.2. The van der Waals surface area contributed by atoms with Gasteiger partial charge in [-0.15, -0.1) is 11.3 Å². The van der Waals surface area contributed by atoms with E-state index in [1.54, 1.807) is 23.7 Å². The van der Waals surface area contributed by atoms with Crippen LogP contribution in [0.4, 0.5) is 0 Å². The van der Waals surface area contributed by atoms with Crippen LogP contribution in [-0.4, -0.2) is 16.3 Å². The average molecular weight is 218 g/mol. The van der Waals surface area contributed by atoms with Crippen molar-refractivity contribution in [2.45, 2.75) is 13.8 Å². The Bertz CT molecular complexity index is 486. The van der Waals surface area contributed by atoms with E-state index in [1.807, 2.05) is 19.9 Å². The maximum atomic E-state index is 10.8. The topological polar surface area (TPSA) is 42.9 Å². The molecule has 0 unspecified atom stereocenters. The number of aromatic nitrogens is 2. The van der Waals surface area contributed by atoms with Gasteiger partial charge in [0.2, 0.25) is 0 Å². The molecule has 4 heteroatoms. The minimum absolute atomic E-state index is 0.589. The Hall–Kier alpha value is -1.55. The molecule has 0 bridgehead atoms. The van der Waals surface area contributed by atoms with E-state index in [0.29, 0.717) is 5.56 Å². The molecule has 0 aromatic carbocycles. The van der Waals surface area contributed by atoms with E-state index in [-0.39, 0.29) is 0 Å². The molecule has 0 spiro atoms. The van der Waals surface area contributed by atoms with Gasteiger partial charge in [-0.1, -0.05) is 0 Å². The lowest BCUT2D eigenvalue weighted by Gasteiger charge is -1.98. The summed E-state index contributed by atoms with van der Waals surface area (Å²) in [4.78, 5) is 20.3. The molecule has 2 rings (SSSR count). The molecule has 0 atom stereocenters. The molecule has 76 valence electrons. The number of carbonyl (C=O) groups excluding carboxylic acids is 1. The third-order valence-corrected chi connectivity index (χ3v) is 3.34. The Morgan fingerprint density at radius 3 is 2.80 bits per heavy atom. The van der Waals surface area contributed by atoms with Crippen LogP contribution in [0.1, 0.15) is 20.9 Å². The van der Waals surface area contributed by atoms with Gasteiger partial charge in [-0.3, -0.25) is 9.78 Å². The van der Waals surface area contributed by atoms with Crippen molar-refractivity contribution in [3.63, 3.8) is 0 Å². The second kappa shape index (κ2) is 3.90. The van der Waals surface area contributed by atoms with Gasteiger partial charge in [0.1, 0.15) is 5.01 Å². The van der Waals surface area contributed by atoms with E-state index in [2.05, 4.69) is 9.97 Å². The number of pyridine rings is 1. The Labute approximate surface area is 91.8 Å². The van der Waals surface area contributed by atoms with Crippen molar-refractivity contribution in [3.05, 3.63) is 34.6 Å². The summed E-state index contributed by atoms with van der Waals surface area (Å²) in [6.45, 7) is 4.00. The Balaban J connectivity index is 2.58. The number of thiazole rings is 1. The van der Waals surface area contributed by atoms with Gasteiger partial charge >= 0.3 is 0 Å². The molecule has 0 fully saturated rings. The van der Waals surface area contributed by atoms with Crippen LogP contribution in [0.2, 0.25) is 0 Å². The van der Waals surface area contributed by atoms with Crippen molar-refractivity contribution in [2.75, 3.05) is 0 Å². The second-order valence-electron chi connectivity index (χ2n) is 3.24. The van der Waals surface area contributed by atoms with Crippen LogP contribution >= 0.6 is 11.3 Å². The monoisotopic (exact) mass is 218 g/mol. The quantitative estimate of drug-likeness (QED) is 0.728. The fraction of sp³-hybridized carbons (Fsp3) is 0.182. The summed E-state index contributed by atoms with van der Waals surface area (Å²) in [5, 5.41) is 0.884. The highest BCUT2D eigenvalue weighted by Gasteiger charge is 2.09. The third kappa shape index (κ3) is 1.80. The molecule has 2 aromatic heterocycles. The van der Waals surface area contributed by atoms with E-state index >= 15 is 0 Å². The zero-order chi connectivity index (χ0) is 10.8. The lowest BCUT2D eigenvalue weighted by molar-refractivity contribution is 0.112. The highest BCUT2D eigenvalue weighted by atomic mass is 32.1. The predicted octanol–water partition coefficient (Wildman–Crippen LogP) is 2.63. The Morgan fingerprint density at radius 2 is 2.20 bits per heavy atom. The van der Waals surface area contributed by atoms with E-state index < -0.39 is 0 Å². The van der Waals surface area contributed by atoms with Crippen LogP contribution in [-0.2, 0) is 0 Å². The van der Waals surface area contributed by atoms with E-state index in [9.17, 15) is 4.79 Å². The normalized spacial score (nSPS) is 10.3. The van der Waals surface area contributed by atoms with Gasteiger partial charge in [-0.2, -0.15) is 0 Å². The van der Waals surface area contributed by atoms with Crippen molar-refractivity contribution in [2.24, 2.45) is 0 Å². The molecule has 3 nitrogen and oxygen atoms in total. The Kier molecular flexibility index (Phi) is 2.60. The molecule has 0 N–H and O–H groups in total. The van der Waals surface area contributed by atoms with Crippen LogP contribution in [0.25, 0.3) is 10.6 Å². The van der Waals surface area contributed by atoms with Crippen LogP contribution in [0.5, 0.6) is 0 Å².